The van der Waals surface area contributed by atoms with Crippen molar-refractivity contribution in [3.05, 3.63) is 0 Å². The van der Waals surface area contributed by atoms with Crippen molar-refractivity contribution >= 4 is 17.7 Å². The zero-order chi connectivity index (χ0) is 10.3. The van der Waals surface area contributed by atoms with Crippen molar-refractivity contribution in [2.24, 2.45) is 0 Å². The third-order valence-corrected chi connectivity index (χ3v) is 3.17. The lowest BCUT2D eigenvalue weighted by Crippen LogP contribution is -2.08. The Morgan fingerprint density at radius 2 is 1.85 bits per heavy atom. The van der Waals surface area contributed by atoms with Crippen LogP contribution in [0.1, 0.15) is 33.1 Å². The van der Waals surface area contributed by atoms with E-state index >= 15 is 0 Å². The van der Waals surface area contributed by atoms with Crippen molar-refractivity contribution in [2.75, 3.05) is 6.61 Å². The number of carboxylic acids is 1. The first-order valence-corrected chi connectivity index (χ1v) is 5.48. The van der Waals surface area contributed by atoms with Gasteiger partial charge in [0.15, 0.2) is 0 Å². The van der Waals surface area contributed by atoms with Gasteiger partial charge in [0.1, 0.15) is 0 Å². The second kappa shape index (κ2) is 7.21. The molecule has 0 fully saturated rings. The average molecular weight is 206 g/mol. The molecule has 0 rings (SSSR count). The lowest BCUT2D eigenvalue weighted by Gasteiger charge is -2.15. The number of hydrogen-bond donors (Lipinski definition) is 2. The smallest absolute Gasteiger partial charge is 0.303 e. The molecule has 2 N–H and O–H groups in total. The second-order valence-electron chi connectivity index (χ2n) is 3.20. The largest absolute Gasteiger partial charge is 0.481 e. The summed E-state index contributed by atoms with van der Waals surface area (Å²) in [7, 11) is 0. The van der Waals surface area contributed by atoms with Gasteiger partial charge in [-0.2, -0.15) is 11.8 Å². The molecule has 0 saturated heterocycles. The summed E-state index contributed by atoms with van der Waals surface area (Å²) < 4.78 is 0. The van der Waals surface area contributed by atoms with E-state index in [1.54, 1.807) is 11.8 Å². The van der Waals surface area contributed by atoms with E-state index in [9.17, 15) is 4.79 Å². The van der Waals surface area contributed by atoms with Gasteiger partial charge in [0.25, 0.3) is 0 Å². The number of rotatable bonds is 7. The highest BCUT2D eigenvalue weighted by Gasteiger charge is 2.10. The van der Waals surface area contributed by atoms with Crippen LogP contribution in [0.3, 0.4) is 0 Å². The topological polar surface area (TPSA) is 57.5 Å². The minimum Gasteiger partial charge on any atom is -0.481 e. The first-order valence-electron chi connectivity index (χ1n) is 4.54. The van der Waals surface area contributed by atoms with Gasteiger partial charge in [-0.3, -0.25) is 4.79 Å². The van der Waals surface area contributed by atoms with E-state index in [1.807, 2.05) is 6.92 Å². The monoisotopic (exact) mass is 206 g/mol. The van der Waals surface area contributed by atoms with Crippen molar-refractivity contribution < 1.29 is 15.0 Å². The first kappa shape index (κ1) is 12.8. The SMILES string of the molecule is CC(CCO)SC(C)CCC(=O)O. The first-order chi connectivity index (χ1) is 6.06. The number of carboxylic acid groups (broad SMARTS) is 1. The summed E-state index contributed by atoms with van der Waals surface area (Å²) in [4.78, 5) is 10.3. The van der Waals surface area contributed by atoms with Crippen molar-refractivity contribution in [3.63, 3.8) is 0 Å². The molecule has 78 valence electrons. The summed E-state index contributed by atoms with van der Waals surface area (Å²) in [5, 5.41) is 17.9. The molecule has 0 aliphatic rings. The van der Waals surface area contributed by atoms with Crippen molar-refractivity contribution in [1.29, 1.82) is 0 Å². The molecule has 2 unspecified atom stereocenters. The molecular weight excluding hydrogens is 188 g/mol. The normalized spacial score (nSPS) is 15.3. The molecule has 0 aliphatic carbocycles. The summed E-state index contributed by atoms with van der Waals surface area (Å²) in [5.41, 5.74) is 0. The molecule has 3 nitrogen and oxygen atoms in total. The van der Waals surface area contributed by atoms with Crippen LogP contribution in [-0.4, -0.2) is 33.3 Å². The van der Waals surface area contributed by atoms with E-state index in [2.05, 4.69) is 6.92 Å². The van der Waals surface area contributed by atoms with E-state index in [0.717, 1.165) is 6.42 Å². The Labute approximate surface area is 83.5 Å². The Bertz CT molecular complexity index is 150. The molecule has 13 heavy (non-hydrogen) atoms. The predicted molar refractivity (Wildman–Crippen MR) is 55.1 cm³/mol. The summed E-state index contributed by atoms with van der Waals surface area (Å²) in [5.74, 6) is -0.734. The molecular formula is C9H18O3S. The molecule has 0 spiro atoms. The van der Waals surface area contributed by atoms with E-state index in [1.165, 1.54) is 0 Å². The van der Waals surface area contributed by atoms with Crippen LogP contribution < -0.4 is 0 Å². The number of aliphatic hydroxyl groups is 1. The molecule has 0 radical (unpaired) electrons. The molecule has 0 aromatic carbocycles. The third-order valence-electron chi connectivity index (χ3n) is 1.76. The lowest BCUT2D eigenvalue weighted by molar-refractivity contribution is -0.137. The fourth-order valence-electron chi connectivity index (χ4n) is 1.04. The molecule has 0 amide bonds. The van der Waals surface area contributed by atoms with Gasteiger partial charge < -0.3 is 10.2 Å². The Morgan fingerprint density at radius 3 is 2.31 bits per heavy atom. The zero-order valence-electron chi connectivity index (χ0n) is 8.19. The summed E-state index contributed by atoms with van der Waals surface area (Å²) >= 11 is 1.74. The van der Waals surface area contributed by atoms with E-state index in [0.29, 0.717) is 16.9 Å². The standard InChI is InChI=1S/C9H18O3S/c1-7(3-4-9(11)12)13-8(2)5-6-10/h7-8,10H,3-6H2,1-2H3,(H,11,12). The zero-order valence-corrected chi connectivity index (χ0v) is 9.01. The molecule has 0 heterocycles. The number of hydrogen-bond acceptors (Lipinski definition) is 3. The predicted octanol–water partition coefficient (Wildman–Crippen LogP) is 1.74. The maximum atomic E-state index is 10.3. The van der Waals surface area contributed by atoms with Gasteiger partial charge >= 0.3 is 5.97 Å². The van der Waals surface area contributed by atoms with Crippen LogP contribution in [0.2, 0.25) is 0 Å². The fraction of sp³-hybridized carbons (Fsp3) is 0.889. The molecule has 0 aromatic rings. The Kier molecular flexibility index (Phi) is 7.09. The molecule has 0 saturated carbocycles. The maximum absolute atomic E-state index is 10.3. The van der Waals surface area contributed by atoms with Gasteiger partial charge in [-0.15, -0.1) is 0 Å². The average Bonchev–Trinajstić information content (AvgIpc) is 2.01. The van der Waals surface area contributed by atoms with Gasteiger partial charge in [-0.25, -0.2) is 0 Å². The van der Waals surface area contributed by atoms with Gasteiger partial charge in [0.2, 0.25) is 0 Å². The number of aliphatic hydroxyl groups excluding tert-OH is 1. The van der Waals surface area contributed by atoms with Crippen molar-refractivity contribution in [3.8, 4) is 0 Å². The lowest BCUT2D eigenvalue weighted by atomic mass is 10.2. The Hall–Kier alpha value is -0.220. The van der Waals surface area contributed by atoms with E-state index < -0.39 is 5.97 Å². The number of aliphatic carboxylic acids is 1. The summed E-state index contributed by atoms with van der Waals surface area (Å²) in [6.07, 6.45) is 1.72. The van der Waals surface area contributed by atoms with Crippen LogP contribution in [0.15, 0.2) is 0 Å². The van der Waals surface area contributed by atoms with Crippen LogP contribution in [0, 0.1) is 0 Å². The third kappa shape index (κ3) is 8.12. The van der Waals surface area contributed by atoms with Crippen molar-refractivity contribution in [2.45, 2.75) is 43.6 Å². The van der Waals surface area contributed by atoms with Gasteiger partial charge in [-0.05, 0) is 12.8 Å². The fourth-order valence-corrected chi connectivity index (χ4v) is 2.33. The number of carbonyl (C=O) groups is 1. The Morgan fingerprint density at radius 1 is 1.31 bits per heavy atom. The van der Waals surface area contributed by atoms with E-state index in [-0.39, 0.29) is 13.0 Å². The van der Waals surface area contributed by atoms with Crippen LogP contribution in [0.25, 0.3) is 0 Å². The molecule has 0 bridgehead atoms. The highest BCUT2D eigenvalue weighted by atomic mass is 32.2. The molecule has 0 aliphatic heterocycles. The van der Waals surface area contributed by atoms with Gasteiger partial charge in [0.05, 0.1) is 0 Å². The quantitative estimate of drug-likeness (QED) is 0.666. The summed E-state index contributed by atoms with van der Waals surface area (Å²) in [6, 6.07) is 0. The maximum Gasteiger partial charge on any atom is 0.303 e. The van der Waals surface area contributed by atoms with Gasteiger partial charge in [-0.1, -0.05) is 13.8 Å². The highest BCUT2D eigenvalue weighted by Crippen LogP contribution is 2.22. The van der Waals surface area contributed by atoms with Crippen LogP contribution in [0.4, 0.5) is 0 Å². The van der Waals surface area contributed by atoms with Crippen LogP contribution in [-0.2, 0) is 4.79 Å². The van der Waals surface area contributed by atoms with Crippen molar-refractivity contribution in [1.82, 2.24) is 0 Å². The Balaban J connectivity index is 3.48. The highest BCUT2D eigenvalue weighted by molar-refractivity contribution is 8.00. The van der Waals surface area contributed by atoms with E-state index in [4.69, 9.17) is 10.2 Å². The molecule has 0 aromatic heterocycles. The minimum absolute atomic E-state index is 0.208. The molecule has 2 atom stereocenters. The van der Waals surface area contributed by atoms with Crippen LogP contribution >= 0.6 is 11.8 Å². The minimum atomic E-state index is -0.734. The molecule has 4 heteroatoms. The number of thioether (sulfide) groups is 1. The van der Waals surface area contributed by atoms with Crippen LogP contribution in [0.5, 0.6) is 0 Å². The van der Waals surface area contributed by atoms with Gasteiger partial charge in [0, 0.05) is 23.5 Å². The summed E-state index contributed by atoms with van der Waals surface area (Å²) in [6.45, 7) is 4.29. The second-order valence-corrected chi connectivity index (χ2v) is 5.08.